The molecule has 0 saturated heterocycles. The average Bonchev–Trinajstić information content (AvgIpc) is 3.14. The summed E-state index contributed by atoms with van der Waals surface area (Å²) in [5.74, 6) is 0.556. The van der Waals surface area contributed by atoms with E-state index in [1.165, 1.54) is 22.3 Å². The van der Waals surface area contributed by atoms with Gasteiger partial charge in [0.25, 0.3) is 0 Å². The van der Waals surface area contributed by atoms with Crippen molar-refractivity contribution in [2.45, 2.75) is 40.2 Å². The molecule has 0 N–H and O–H groups in total. The Hall–Kier alpha value is -0.140. The zero-order valence-corrected chi connectivity index (χ0v) is 20.6. The number of halogens is 2. The molecule has 0 aliphatic heterocycles. The zero-order chi connectivity index (χ0) is 18.7. The summed E-state index contributed by atoms with van der Waals surface area (Å²) in [7, 11) is 11.7. The Morgan fingerprint density at radius 1 is 1.16 bits per heavy atom. The van der Waals surface area contributed by atoms with Crippen molar-refractivity contribution in [1.82, 2.24) is 0 Å². The monoisotopic (exact) mass is 466 g/mol. The Morgan fingerprint density at radius 3 is 2.16 bits per heavy atom. The molecular weight excluding hydrogens is 442 g/mol. The first-order valence-electron chi connectivity index (χ1n) is 8.44. The van der Waals surface area contributed by atoms with Gasteiger partial charge in [0.05, 0.1) is 0 Å². The first kappa shape index (κ1) is 22.9. The molecule has 0 saturated carbocycles. The molecule has 3 rings (SSSR count). The van der Waals surface area contributed by atoms with Crippen molar-refractivity contribution in [2.24, 2.45) is 5.92 Å². The maximum absolute atomic E-state index is 5.83. The van der Waals surface area contributed by atoms with Crippen LogP contribution in [0.1, 0.15) is 39.7 Å². The fraction of sp³-hybridized carbons (Fsp3) is 0.333. The van der Waals surface area contributed by atoms with E-state index in [4.69, 9.17) is 17.0 Å². The van der Waals surface area contributed by atoms with Gasteiger partial charge in [0.15, 0.2) is 0 Å². The van der Waals surface area contributed by atoms with Gasteiger partial charge in [-0.3, -0.25) is 12.2 Å². The Labute approximate surface area is 169 Å². The van der Waals surface area contributed by atoms with Crippen molar-refractivity contribution in [3.63, 3.8) is 0 Å². The van der Waals surface area contributed by atoms with Crippen LogP contribution in [0, 0.1) is 18.1 Å². The van der Waals surface area contributed by atoms with E-state index < -0.39 is 18.0 Å². The Bertz CT molecular complexity index is 681. The molecule has 1 aromatic rings. The molecule has 134 valence electrons. The van der Waals surface area contributed by atoms with Crippen LogP contribution >= 0.6 is 17.0 Å². The summed E-state index contributed by atoms with van der Waals surface area (Å²) < 4.78 is 0. The molecule has 2 aliphatic rings. The van der Waals surface area contributed by atoms with Crippen LogP contribution in [-0.4, -0.2) is 6.16 Å². The molecule has 1 unspecified atom stereocenters. The molecule has 0 spiro atoms. The molecule has 0 radical (unpaired) electrons. The van der Waals surface area contributed by atoms with Gasteiger partial charge in [0.2, 0.25) is 0 Å². The van der Waals surface area contributed by atoms with Crippen LogP contribution in [0.3, 0.4) is 0 Å². The van der Waals surface area contributed by atoms with Crippen LogP contribution in [0.25, 0.3) is 0 Å². The fourth-order valence-electron chi connectivity index (χ4n) is 2.31. The fourth-order valence-corrected chi connectivity index (χ4v) is 8.59. The van der Waals surface area contributed by atoms with Crippen LogP contribution in [0.2, 0.25) is 0 Å². The molecule has 1 aromatic carbocycles. The van der Waals surface area contributed by atoms with Gasteiger partial charge in [0, 0.05) is 0 Å². The van der Waals surface area contributed by atoms with Crippen LogP contribution in [0.5, 0.6) is 0 Å². The quantitative estimate of drug-likeness (QED) is 0.344. The van der Waals surface area contributed by atoms with E-state index in [1.807, 2.05) is 12.1 Å². The molecule has 0 heterocycles. The van der Waals surface area contributed by atoms with E-state index in [2.05, 4.69) is 76.3 Å². The van der Waals surface area contributed by atoms with Gasteiger partial charge in [-0.1, -0.05) is 26.7 Å². The van der Waals surface area contributed by atoms with Crippen molar-refractivity contribution in [2.75, 3.05) is 0 Å². The minimum atomic E-state index is -1.79. The molecular formula is C21H26Cl2SiZr-2. The summed E-state index contributed by atoms with van der Waals surface area (Å²) >= 11 is -1.79. The SMILES string of the molecule is CC1=CC(C)[C-]=C1.CC1=[C-]CC(C)=C1.[Cl][Zr]([Cl])=[SiH]Cc1ccccc1. The van der Waals surface area contributed by atoms with E-state index in [0.717, 1.165) is 12.5 Å². The van der Waals surface area contributed by atoms with Gasteiger partial charge in [-0.25, -0.2) is 23.3 Å². The van der Waals surface area contributed by atoms with Gasteiger partial charge in [0.1, 0.15) is 0 Å². The first-order chi connectivity index (χ1) is 11.9. The first-order valence-corrected chi connectivity index (χ1v) is 20.4. The average molecular weight is 469 g/mol. The van der Waals surface area contributed by atoms with Gasteiger partial charge in [-0.05, 0) is 0 Å². The van der Waals surface area contributed by atoms with Crippen molar-refractivity contribution < 1.29 is 18.0 Å². The van der Waals surface area contributed by atoms with Crippen LogP contribution in [0.15, 0.2) is 65.3 Å². The topological polar surface area (TPSA) is 0 Å². The summed E-state index contributed by atoms with van der Waals surface area (Å²) in [6, 6.07) is 11.5. The zero-order valence-electron chi connectivity index (χ0n) is 15.4. The van der Waals surface area contributed by atoms with Crippen molar-refractivity contribution in [3.8, 4) is 0 Å². The number of hydrogen-bond donors (Lipinski definition) is 0. The van der Waals surface area contributed by atoms with E-state index in [1.54, 1.807) is 0 Å². The molecule has 4 heteroatoms. The van der Waals surface area contributed by atoms with Gasteiger partial charge in [-0.2, -0.15) is 11.6 Å². The maximum atomic E-state index is 5.83. The standard InChI is InChI=1S/C7H8Si.2C7H9.2ClH.Zr/c8-6-7-4-2-1-3-5-7;2*1-6-3-4-7(2)5-6;;;/h1-5,8H,6H2;5H,3H2,1-2H3;3,5,7H,1-2H3;2*1H;/q;2*-1;;;+2/p-2. The molecule has 0 nitrogen and oxygen atoms in total. The summed E-state index contributed by atoms with van der Waals surface area (Å²) in [6.07, 6.45) is 14.1. The molecule has 1 atom stereocenters. The molecule has 0 amide bonds. The van der Waals surface area contributed by atoms with E-state index in [9.17, 15) is 0 Å². The second kappa shape index (κ2) is 13.1. The predicted molar refractivity (Wildman–Crippen MR) is 111 cm³/mol. The van der Waals surface area contributed by atoms with Crippen LogP contribution < -0.4 is 0 Å². The molecule has 25 heavy (non-hydrogen) atoms. The third kappa shape index (κ3) is 12.0. The number of allylic oxidation sites excluding steroid dienone is 8. The summed E-state index contributed by atoms with van der Waals surface area (Å²) in [5, 5.41) is 0. The summed E-state index contributed by atoms with van der Waals surface area (Å²) in [6.45, 7) is 8.43. The van der Waals surface area contributed by atoms with E-state index >= 15 is 0 Å². The third-order valence-electron chi connectivity index (χ3n) is 3.53. The Balaban J connectivity index is 0.000000195. The molecule has 0 bridgehead atoms. The summed E-state index contributed by atoms with van der Waals surface area (Å²) in [4.78, 5) is 0. The summed E-state index contributed by atoms with van der Waals surface area (Å²) in [5.41, 5.74) is 5.43. The molecule has 0 fully saturated rings. The number of benzene rings is 1. The number of hydrogen-bond acceptors (Lipinski definition) is 0. The van der Waals surface area contributed by atoms with Gasteiger partial charge < -0.3 is 0 Å². The third-order valence-corrected chi connectivity index (χ3v) is 13.8. The number of rotatable bonds is 2. The van der Waals surface area contributed by atoms with Crippen molar-refractivity contribution in [3.05, 3.63) is 83.0 Å². The van der Waals surface area contributed by atoms with E-state index in [0.29, 0.717) is 12.1 Å². The van der Waals surface area contributed by atoms with Crippen LogP contribution in [-0.2, 0) is 24.0 Å². The van der Waals surface area contributed by atoms with E-state index in [-0.39, 0.29) is 0 Å². The second-order valence-corrected chi connectivity index (χ2v) is 25.2. The Morgan fingerprint density at radius 2 is 1.84 bits per heavy atom. The molecule has 2 aliphatic carbocycles. The Kier molecular flexibility index (Phi) is 12.0. The van der Waals surface area contributed by atoms with Crippen LogP contribution in [0.4, 0.5) is 0 Å². The molecule has 0 aromatic heterocycles. The minimum absolute atomic E-state index is 0.334. The van der Waals surface area contributed by atoms with Gasteiger partial charge >= 0.3 is 83.1 Å². The second-order valence-electron chi connectivity index (χ2n) is 6.22. The van der Waals surface area contributed by atoms with Crippen molar-refractivity contribution in [1.29, 1.82) is 0 Å². The normalized spacial score (nSPS) is 17.4. The van der Waals surface area contributed by atoms with Crippen molar-refractivity contribution >= 4 is 23.2 Å². The van der Waals surface area contributed by atoms with Gasteiger partial charge in [-0.15, -0.1) is 13.3 Å². The predicted octanol–water partition coefficient (Wildman–Crippen LogP) is 6.49.